The van der Waals surface area contributed by atoms with Crippen LogP contribution in [-0.4, -0.2) is 18.4 Å². The number of benzene rings is 2. The van der Waals surface area contributed by atoms with Crippen molar-refractivity contribution in [2.45, 2.75) is 6.42 Å². The van der Waals surface area contributed by atoms with Crippen LogP contribution in [-0.2, 0) is 4.79 Å². The standard InChI is InChI=1S/C20H18N2O4/c23-19(12-14-25-17-5-2-1-3-6-17)21-15-8-10-16(11-9-15)22-20(24)18-7-4-13-26-18/h1-11,13H,12,14H2,(H,21,23)(H,22,24). The van der Waals surface area contributed by atoms with Gasteiger partial charge in [0.15, 0.2) is 5.76 Å². The molecular formula is C20H18N2O4. The number of furan rings is 1. The first-order valence-corrected chi connectivity index (χ1v) is 8.13. The second-order valence-corrected chi connectivity index (χ2v) is 5.47. The van der Waals surface area contributed by atoms with Gasteiger partial charge in [0.2, 0.25) is 5.91 Å². The lowest BCUT2D eigenvalue weighted by atomic mass is 10.2. The molecule has 0 fully saturated rings. The van der Waals surface area contributed by atoms with Gasteiger partial charge in [0, 0.05) is 11.4 Å². The van der Waals surface area contributed by atoms with Gasteiger partial charge in [-0.2, -0.15) is 0 Å². The van der Waals surface area contributed by atoms with Crippen molar-refractivity contribution in [1.82, 2.24) is 0 Å². The van der Waals surface area contributed by atoms with Crippen LogP contribution in [0.3, 0.4) is 0 Å². The maximum absolute atomic E-state index is 11.9. The Balaban J connectivity index is 1.44. The number of anilines is 2. The SMILES string of the molecule is O=C(CCOc1ccccc1)Nc1ccc(NC(=O)c2ccco2)cc1. The van der Waals surface area contributed by atoms with E-state index in [1.54, 1.807) is 36.4 Å². The van der Waals surface area contributed by atoms with E-state index in [9.17, 15) is 9.59 Å². The number of nitrogens with one attached hydrogen (secondary N) is 2. The first kappa shape index (κ1) is 17.3. The Kier molecular flexibility index (Phi) is 5.67. The summed E-state index contributed by atoms with van der Waals surface area (Å²) in [6.45, 7) is 0.299. The molecule has 26 heavy (non-hydrogen) atoms. The zero-order valence-corrected chi connectivity index (χ0v) is 14.0. The Morgan fingerprint density at radius 1 is 0.846 bits per heavy atom. The van der Waals surface area contributed by atoms with E-state index in [1.807, 2.05) is 30.3 Å². The molecule has 6 heteroatoms. The van der Waals surface area contributed by atoms with E-state index in [0.29, 0.717) is 18.0 Å². The molecule has 2 amide bonds. The second-order valence-electron chi connectivity index (χ2n) is 5.47. The summed E-state index contributed by atoms with van der Waals surface area (Å²) < 4.78 is 10.5. The number of hydrogen-bond donors (Lipinski definition) is 2. The van der Waals surface area contributed by atoms with Gasteiger partial charge in [-0.05, 0) is 48.5 Å². The van der Waals surface area contributed by atoms with Crippen molar-refractivity contribution in [2.24, 2.45) is 0 Å². The van der Waals surface area contributed by atoms with Crippen molar-refractivity contribution in [3.63, 3.8) is 0 Å². The molecule has 0 aliphatic rings. The molecule has 6 nitrogen and oxygen atoms in total. The molecule has 1 aromatic heterocycles. The Morgan fingerprint density at radius 3 is 2.19 bits per heavy atom. The van der Waals surface area contributed by atoms with Crippen LogP contribution in [0.15, 0.2) is 77.4 Å². The van der Waals surface area contributed by atoms with Gasteiger partial charge in [0.1, 0.15) is 5.75 Å². The van der Waals surface area contributed by atoms with Crippen LogP contribution in [0.1, 0.15) is 17.0 Å². The van der Waals surface area contributed by atoms with Gasteiger partial charge in [-0.25, -0.2) is 0 Å². The molecule has 0 aliphatic heterocycles. The predicted octanol–water partition coefficient (Wildman–Crippen LogP) is 3.94. The van der Waals surface area contributed by atoms with Crippen LogP contribution in [0.2, 0.25) is 0 Å². The summed E-state index contributed by atoms with van der Waals surface area (Å²) in [5.74, 6) is 0.496. The topological polar surface area (TPSA) is 80.6 Å². The Bertz CT molecular complexity index is 843. The molecule has 3 rings (SSSR count). The molecule has 132 valence electrons. The fourth-order valence-corrected chi connectivity index (χ4v) is 2.24. The van der Waals surface area contributed by atoms with Crippen LogP contribution in [0.4, 0.5) is 11.4 Å². The molecule has 0 aliphatic carbocycles. The Morgan fingerprint density at radius 2 is 1.54 bits per heavy atom. The van der Waals surface area contributed by atoms with Crippen molar-refractivity contribution < 1.29 is 18.7 Å². The van der Waals surface area contributed by atoms with Crippen LogP contribution in [0.5, 0.6) is 5.75 Å². The maximum Gasteiger partial charge on any atom is 0.291 e. The fourth-order valence-electron chi connectivity index (χ4n) is 2.24. The number of para-hydroxylation sites is 1. The largest absolute Gasteiger partial charge is 0.493 e. The molecule has 0 radical (unpaired) electrons. The third kappa shape index (κ3) is 4.98. The van der Waals surface area contributed by atoms with Gasteiger partial charge in [-0.3, -0.25) is 9.59 Å². The predicted molar refractivity (Wildman–Crippen MR) is 98.3 cm³/mol. The molecule has 2 N–H and O–H groups in total. The number of amides is 2. The molecule has 1 heterocycles. The number of rotatable bonds is 7. The summed E-state index contributed by atoms with van der Waals surface area (Å²) in [6.07, 6.45) is 1.68. The van der Waals surface area contributed by atoms with Gasteiger partial charge < -0.3 is 19.8 Å². The summed E-state index contributed by atoms with van der Waals surface area (Å²) in [5, 5.41) is 5.50. The van der Waals surface area contributed by atoms with Crippen LogP contribution in [0, 0.1) is 0 Å². The molecule has 0 atom stereocenters. The van der Waals surface area contributed by atoms with E-state index in [1.165, 1.54) is 6.26 Å². The number of ether oxygens (including phenoxy) is 1. The lowest BCUT2D eigenvalue weighted by Gasteiger charge is -2.08. The van der Waals surface area contributed by atoms with E-state index in [-0.39, 0.29) is 24.0 Å². The highest BCUT2D eigenvalue weighted by atomic mass is 16.5. The summed E-state index contributed by atoms with van der Waals surface area (Å²) in [7, 11) is 0. The lowest BCUT2D eigenvalue weighted by Crippen LogP contribution is -2.15. The zero-order valence-electron chi connectivity index (χ0n) is 14.0. The molecule has 2 aromatic carbocycles. The molecule has 0 saturated heterocycles. The molecule has 0 spiro atoms. The molecule has 0 saturated carbocycles. The highest BCUT2D eigenvalue weighted by Gasteiger charge is 2.09. The first-order valence-electron chi connectivity index (χ1n) is 8.13. The summed E-state index contributed by atoms with van der Waals surface area (Å²) in [5.41, 5.74) is 1.25. The molecule has 0 unspecified atom stereocenters. The van der Waals surface area contributed by atoms with Gasteiger partial charge in [0.05, 0.1) is 19.3 Å². The average Bonchev–Trinajstić information content (AvgIpc) is 3.19. The third-order valence-electron chi connectivity index (χ3n) is 3.51. The lowest BCUT2D eigenvalue weighted by molar-refractivity contribution is -0.116. The quantitative estimate of drug-likeness (QED) is 0.676. The average molecular weight is 350 g/mol. The van der Waals surface area contributed by atoms with Crippen molar-refractivity contribution in [1.29, 1.82) is 0 Å². The third-order valence-corrected chi connectivity index (χ3v) is 3.51. The molecule has 3 aromatic rings. The summed E-state index contributed by atoms with van der Waals surface area (Å²) in [4.78, 5) is 23.8. The van der Waals surface area contributed by atoms with E-state index in [4.69, 9.17) is 9.15 Å². The zero-order chi connectivity index (χ0) is 18.2. The number of hydrogen-bond acceptors (Lipinski definition) is 4. The fraction of sp³-hybridized carbons (Fsp3) is 0.100. The second kappa shape index (κ2) is 8.53. The highest BCUT2D eigenvalue weighted by Crippen LogP contribution is 2.15. The normalized spacial score (nSPS) is 10.2. The van der Waals surface area contributed by atoms with E-state index >= 15 is 0 Å². The smallest absolute Gasteiger partial charge is 0.291 e. The highest BCUT2D eigenvalue weighted by molar-refractivity contribution is 6.02. The minimum atomic E-state index is -0.329. The maximum atomic E-state index is 11.9. The van der Waals surface area contributed by atoms with Crippen LogP contribution in [0.25, 0.3) is 0 Å². The minimum absolute atomic E-state index is 0.145. The van der Waals surface area contributed by atoms with Crippen molar-refractivity contribution in [2.75, 3.05) is 17.2 Å². The van der Waals surface area contributed by atoms with Gasteiger partial charge in [0.25, 0.3) is 5.91 Å². The van der Waals surface area contributed by atoms with Gasteiger partial charge in [-0.1, -0.05) is 18.2 Å². The van der Waals surface area contributed by atoms with Gasteiger partial charge in [-0.15, -0.1) is 0 Å². The monoisotopic (exact) mass is 350 g/mol. The summed E-state index contributed by atoms with van der Waals surface area (Å²) in [6, 6.07) is 19.4. The van der Waals surface area contributed by atoms with Crippen molar-refractivity contribution >= 4 is 23.2 Å². The van der Waals surface area contributed by atoms with E-state index < -0.39 is 0 Å². The minimum Gasteiger partial charge on any atom is -0.493 e. The number of carbonyl (C=O) groups is 2. The van der Waals surface area contributed by atoms with Crippen molar-refractivity contribution in [3.8, 4) is 5.75 Å². The van der Waals surface area contributed by atoms with E-state index in [0.717, 1.165) is 5.75 Å². The van der Waals surface area contributed by atoms with Crippen LogP contribution < -0.4 is 15.4 Å². The van der Waals surface area contributed by atoms with Gasteiger partial charge >= 0.3 is 0 Å². The Labute approximate surface area is 150 Å². The molecular weight excluding hydrogens is 332 g/mol. The summed E-state index contributed by atoms with van der Waals surface area (Å²) >= 11 is 0. The Hall–Kier alpha value is -3.54. The number of carbonyl (C=O) groups excluding carboxylic acids is 2. The van der Waals surface area contributed by atoms with Crippen molar-refractivity contribution in [3.05, 3.63) is 78.8 Å². The van der Waals surface area contributed by atoms with Crippen LogP contribution >= 0.6 is 0 Å². The first-order chi connectivity index (χ1) is 12.7. The molecule has 0 bridgehead atoms. The van der Waals surface area contributed by atoms with E-state index in [2.05, 4.69) is 10.6 Å².